The molecule has 0 amide bonds. The molecule has 2 aromatic carbocycles. The third kappa shape index (κ3) is 4.99. The fourth-order valence-corrected chi connectivity index (χ4v) is 3.69. The molecule has 4 nitrogen and oxygen atoms in total. The number of benzene rings is 2. The van der Waals surface area contributed by atoms with E-state index in [0.717, 1.165) is 11.1 Å². The van der Waals surface area contributed by atoms with E-state index >= 15 is 0 Å². The van der Waals surface area contributed by atoms with Crippen LogP contribution in [0.5, 0.6) is 5.75 Å². The molecular weight excluding hydrogens is 429 g/mol. The molecule has 0 bridgehead atoms. The van der Waals surface area contributed by atoms with Crippen molar-refractivity contribution in [3.8, 4) is 16.9 Å². The fourth-order valence-electron chi connectivity index (χ4n) is 3.38. The monoisotopic (exact) mass is 450 g/mol. The molecule has 0 saturated heterocycles. The largest absolute Gasteiger partial charge is 0.484 e. The summed E-state index contributed by atoms with van der Waals surface area (Å²) in [6, 6.07) is 11.5. The molecule has 3 rings (SSSR count). The Balaban J connectivity index is 1.94. The van der Waals surface area contributed by atoms with Gasteiger partial charge in [-0.3, -0.25) is 0 Å². The predicted octanol–water partition coefficient (Wildman–Crippen LogP) is 6.02. The van der Waals surface area contributed by atoms with Crippen LogP contribution < -0.4 is 4.74 Å². The highest BCUT2D eigenvalue weighted by atomic mass is 35.5. The minimum absolute atomic E-state index is 0.120. The smallest absolute Gasteiger partial charge is 0.422 e. The van der Waals surface area contributed by atoms with E-state index in [1.807, 2.05) is 20.8 Å². The summed E-state index contributed by atoms with van der Waals surface area (Å²) in [4.78, 5) is 8.05. The van der Waals surface area contributed by atoms with E-state index in [9.17, 15) is 18.3 Å². The average molecular weight is 451 g/mol. The zero-order valence-electron chi connectivity index (χ0n) is 17.2. The molecular formula is C23H22ClF3N2O2. The molecule has 8 heteroatoms. The minimum Gasteiger partial charge on any atom is -0.484 e. The Morgan fingerprint density at radius 3 is 2.03 bits per heavy atom. The zero-order chi connectivity index (χ0) is 22.9. The summed E-state index contributed by atoms with van der Waals surface area (Å²) in [5.41, 5.74) is 0.444. The van der Waals surface area contributed by atoms with Crippen LogP contribution in [0.4, 0.5) is 13.2 Å². The number of aliphatic hydroxyl groups is 1. The Morgan fingerprint density at radius 1 is 0.935 bits per heavy atom. The van der Waals surface area contributed by atoms with Gasteiger partial charge in [0.15, 0.2) is 6.61 Å². The van der Waals surface area contributed by atoms with Crippen molar-refractivity contribution in [2.24, 2.45) is 5.41 Å². The zero-order valence-corrected chi connectivity index (χ0v) is 18.0. The number of hydrogen-bond donors (Lipinski definition) is 1. The molecule has 3 aromatic rings. The van der Waals surface area contributed by atoms with Gasteiger partial charge in [0.1, 0.15) is 17.7 Å². The van der Waals surface area contributed by atoms with Crippen LogP contribution >= 0.6 is 11.6 Å². The highest BCUT2D eigenvalue weighted by Crippen LogP contribution is 2.47. The summed E-state index contributed by atoms with van der Waals surface area (Å²) < 4.78 is 41.6. The Kier molecular flexibility index (Phi) is 6.30. The lowest BCUT2D eigenvalue weighted by Crippen LogP contribution is -2.41. The molecule has 0 radical (unpaired) electrons. The van der Waals surface area contributed by atoms with Gasteiger partial charge >= 0.3 is 6.18 Å². The third-order valence-electron chi connectivity index (χ3n) is 5.01. The maximum atomic E-state index is 12.3. The first-order chi connectivity index (χ1) is 14.4. The Hall–Kier alpha value is -2.64. The highest BCUT2D eigenvalue weighted by Gasteiger charge is 2.45. The molecule has 0 fully saturated rings. The normalized spacial score (nSPS) is 14.2. The standard InChI is InChI=1S/C23H22ClF3N2O2/c1-21(2,3)23(30,17-11-28-14-29-12-17)19-9-6-16(10-20(19)24)15-4-7-18(8-5-15)31-13-22(25,26)27/h4-12,14,30H,13H2,1-3H3. The van der Waals surface area contributed by atoms with Gasteiger partial charge in [0.05, 0.1) is 0 Å². The van der Waals surface area contributed by atoms with Crippen molar-refractivity contribution < 1.29 is 23.0 Å². The summed E-state index contributed by atoms with van der Waals surface area (Å²) in [6.07, 6.45) is 0.110. The predicted molar refractivity (Wildman–Crippen MR) is 113 cm³/mol. The lowest BCUT2D eigenvalue weighted by atomic mass is 9.69. The summed E-state index contributed by atoms with van der Waals surface area (Å²) >= 11 is 6.60. The number of alkyl halides is 3. The first-order valence-corrected chi connectivity index (χ1v) is 9.87. The lowest BCUT2D eigenvalue weighted by molar-refractivity contribution is -0.153. The van der Waals surface area contributed by atoms with Crippen LogP contribution in [0.2, 0.25) is 5.02 Å². The van der Waals surface area contributed by atoms with Gasteiger partial charge in [-0.2, -0.15) is 13.2 Å². The van der Waals surface area contributed by atoms with Gasteiger partial charge in [0.25, 0.3) is 0 Å². The maximum Gasteiger partial charge on any atom is 0.422 e. The van der Waals surface area contributed by atoms with Crippen LogP contribution in [-0.2, 0) is 5.60 Å². The number of aromatic nitrogens is 2. The highest BCUT2D eigenvalue weighted by molar-refractivity contribution is 6.31. The van der Waals surface area contributed by atoms with E-state index in [0.29, 0.717) is 16.1 Å². The molecule has 0 aliphatic carbocycles. The van der Waals surface area contributed by atoms with Crippen molar-refractivity contribution >= 4 is 11.6 Å². The quantitative estimate of drug-likeness (QED) is 0.516. The average Bonchev–Trinajstić information content (AvgIpc) is 2.71. The van der Waals surface area contributed by atoms with E-state index in [-0.39, 0.29) is 5.75 Å². The van der Waals surface area contributed by atoms with E-state index in [1.165, 1.54) is 18.5 Å². The Bertz CT molecular complexity index is 1040. The topological polar surface area (TPSA) is 55.2 Å². The number of hydrogen-bond acceptors (Lipinski definition) is 4. The van der Waals surface area contributed by atoms with Crippen LogP contribution in [0.3, 0.4) is 0 Å². The van der Waals surface area contributed by atoms with Crippen molar-refractivity contribution in [2.75, 3.05) is 6.61 Å². The molecule has 0 spiro atoms. The van der Waals surface area contributed by atoms with Gasteiger partial charge in [-0.05, 0) is 34.7 Å². The number of rotatable bonds is 5. The van der Waals surface area contributed by atoms with Crippen molar-refractivity contribution in [3.05, 3.63) is 77.3 Å². The van der Waals surface area contributed by atoms with Gasteiger partial charge in [0, 0.05) is 28.5 Å². The first-order valence-electron chi connectivity index (χ1n) is 9.50. The molecule has 1 unspecified atom stereocenters. The third-order valence-corrected chi connectivity index (χ3v) is 5.33. The van der Waals surface area contributed by atoms with E-state index < -0.39 is 23.8 Å². The molecule has 1 atom stereocenters. The molecule has 1 heterocycles. The summed E-state index contributed by atoms with van der Waals surface area (Å²) in [6.45, 7) is 4.33. The molecule has 164 valence electrons. The number of nitrogens with zero attached hydrogens (tertiary/aromatic N) is 2. The maximum absolute atomic E-state index is 12.3. The SMILES string of the molecule is CC(C)(C)C(O)(c1cncnc1)c1ccc(-c2ccc(OCC(F)(F)F)cc2)cc1Cl. The second-order valence-corrected chi connectivity index (χ2v) is 8.62. The number of ether oxygens (including phenoxy) is 1. The van der Waals surface area contributed by atoms with Gasteiger partial charge in [0.2, 0.25) is 0 Å². The van der Waals surface area contributed by atoms with Crippen molar-refractivity contribution in [2.45, 2.75) is 32.5 Å². The molecule has 1 aromatic heterocycles. The second-order valence-electron chi connectivity index (χ2n) is 8.21. The summed E-state index contributed by atoms with van der Waals surface area (Å²) in [7, 11) is 0. The molecule has 0 aliphatic rings. The molecule has 0 aliphatic heterocycles. The van der Waals surface area contributed by atoms with Crippen LogP contribution in [0, 0.1) is 5.41 Å². The van der Waals surface area contributed by atoms with Crippen LogP contribution in [0.1, 0.15) is 31.9 Å². The molecule has 1 N–H and O–H groups in total. The van der Waals surface area contributed by atoms with Gasteiger partial charge < -0.3 is 9.84 Å². The summed E-state index contributed by atoms with van der Waals surface area (Å²) in [5, 5.41) is 12.1. The van der Waals surface area contributed by atoms with Gasteiger partial charge in [-0.25, -0.2) is 9.97 Å². The van der Waals surface area contributed by atoms with E-state index in [1.54, 1.807) is 42.7 Å². The first kappa shape index (κ1) is 23.0. The van der Waals surface area contributed by atoms with Crippen LogP contribution in [-0.4, -0.2) is 27.9 Å². The fraction of sp³-hybridized carbons (Fsp3) is 0.304. The van der Waals surface area contributed by atoms with Crippen LogP contribution in [0.15, 0.2) is 61.2 Å². The minimum atomic E-state index is -4.39. The van der Waals surface area contributed by atoms with Crippen LogP contribution in [0.25, 0.3) is 11.1 Å². The lowest BCUT2D eigenvalue weighted by Gasteiger charge is -2.41. The summed E-state index contributed by atoms with van der Waals surface area (Å²) in [5.74, 6) is 0.120. The number of halogens is 4. The Morgan fingerprint density at radius 2 is 1.52 bits per heavy atom. The van der Waals surface area contributed by atoms with Crippen molar-refractivity contribution in [3.63, 3.8) is 0 Å². The van der Waals surface area contributed by atoms with Gasteiger partial charge in [-0.1, -0.05) is 56.6 Å². The van der Waals surface area contributed by atoms with Gasteiger partial charge in [-0.15, -0.1) is 0 Å². The molecule has 31 heavy (non-hydrogen) atoms. The molecule has 0 saturated carbocycles. The second kappa shape index (κ2) is 8.48. The van der Waals surface area contributed by atoms with Crippen molar-refractivity contribution in [1.29, 1.82) is 0 Å². The van der Waals surface area contributed by atoms with E-state index in [4.69, 9.17) is 16.3 Å². The van der Waals surface area contributed by atoms with E-state index in [2.05, 4.69) is 9.97 Å². The Labute approximate surface area is 183 Å². The van der Waals surface area contributed by atoms with Crippen molar-refractivity contribution in [1.82, 2.24) is 9.97 Å².